The number of hydrogen-bond acceptors (Lipinski definition) is 6. The van der Waals surface area contributed by atoms with Crippen molar-refractivity contribution >= 4 is 17.3 Å². The Bertz CT molecular complexity index is 959. The molecule has 0 aliphatic heterocycles. The summed E-state index contributed by atoms with van der Waals surface area (Å²) >= 11 is 1.57. The summed E-state index contributed by atoms with van der Waals surface area (Å²) in [6, 6.07) is 15.9. The highest BCUT2D eigenvalue weighted by Gasteiger charge is 2.10. The molecule has 0 aliphatic rings. The molecule has 1 heterocycles. The second-order valence-electron chi connectivity index (χ2n) is 5.52. The van der Waals surface area contributed by atoms with Crippen LogP contribution < -0.4 is 4.74 Å². The first-order chi connectivity index (χ1) is 12.7. The van der Waals surface area contributed by atoms with Crippen molar-refractivity contribution in [2.45, 2.75) is 20.1 Å². The van der Waals surface area contributed by atoms with E-state index in [9.17, 15) is 4.79 Å². The third-order valence-electron chi connectivity index (χ3n) is 3.62. The van der Waals surface area contributed by atoms with Crippen LogP contribution in [0.1, 0.15) is 32.2 Å². The molecule has 0 atom stereocenters. The van der Waals surface area contributed by atoms with E-state index in [1.165, 1.54) is 0 Å². The minimum Gasteiger partial charge on any atom is -0.487 e. The molecule has 26 heavy (non-hydrogen) atoms. The van der Waals surface area contributed by atoms with Crippen LogP contribution in [0.2, 0.25) is 0 Å². The molecule has 2 aromatic carbocycles. The standard InChI is InChI=1S/C20H16N2O3S/c1-14-22-18(13-26-14)12-24-19-8-4-7-15(9-19)20(23)25-11-17-6-3-2-5-16(17)10-21/h2-9,13H,11-12H2,1H3. The van der Waals surface area contributed by atoms with Gasteiger partial charge in [-0.15, -0.1) is 11.3 Å². The number of esters is 1. The predicted octanol–water partition coefficient (Wildman–Crippen LogP) is 4.26. The average molecular weight is 364 g/mol. The molecule has 5 nitrogen and oxygen atoms in total. The molecule has 0 saturated heterocycles. The van der Waals surface area contributed by atoms with Crippen LogP contribution in [-0.2, 0) is 18.0 Å². The van der Waals surface area contributed by atoms with Crippen molar-refractivity contribution < 1.29 is 14.3 Å². The van der Waals surface area contributed by atoms with E-state index >= 15 is 0 Å². The number of carbonyl (C=O) groups is 1. The summed E-state index contributed by atoms with van der Waals surface area (Å²) in [7, 11) is 0. The molecular formula is C20H16N2O3S. The number of thiazole rings is 1. The Morgan fingerprint density at radius 2 is 2.04 bits per heavy atom. The van der Waals surface area contributed by atoms with Gasteiger partial charge in [0.15, 0.2) is 0 Å². The second-order valence-corrected chi connectivity index (χ2v) is 6.58. The van der Waals surface area contributed by atoms with E-state index in [2.05, 4.69) is 11.1 Å². The summed E-state index contributed by atoms with van der Waals surface area (Å²) in [5.74, 6) is 0.107. The van der Waals surface area contributed by atoms with Gasteiger partial charge in [0.25, 0.3) is 0 Å². The van der Waals surface area contributed by atoms with E-state index in [1.807, 2.05) is 12.3 Å². The van der Waals surface area contributed by atoms with Gasteiger partial charge >= 0.3 is 5.97 Å². The molecule has 0 aliphatic carbocycles. The molecule has 0 fully saturated rings. The van der Waals surface area contributed by atoms with Crippen LogP contribution in [0.5, 0.6) is 5.75 Å². The first-order valence-corrected chi connectivity index (χ1v) is 8.82. The van der Waals surface area contributed by atoms with Gasteiger partial charge in [-0.1, -0.05) is 24.3 Å². The van der Waals surface area contributed by atoms with E-state index < -0.39 is 5.97 Å². The highest BCUT2D eigenvalue weighted by atomic mass is 32.1. The van der Waals surface area contributed by atoms with Crippen molar-refractivity contribution in [3.8, 4) is 11.8 Å². The van der Waals surface area contributed by atoms with Gasteiger partial charge in [-0.3, -0.25) is 0 Å². The molecule has 0 spiro atoms. The molecule has 3 rings (SSSR count). The number of nitriles is 1. The fourth-order valence-corrected chi connectivity index (χ4v) is 2.92. The van der Waals surface area contributed by atoms with Crippen LogP contribution in [0.4, 0.5) is 0 Å². The Morgan fingerprint density at radius 3 is 2.81 bits per heavy atom. The number of carbonyl (C=O) groups excluding carboxylic acids is 1. The molecule has 0 bridgehead atoms. The van der Waals surface area contributed by atoms with Gasteiger partial charge in [0, 0.05) is 10.9 Å². The smallest absolute Gasteiger partial charge is 0.338 e. The van der Waals surface area contributed by atoms with E-state index in [1.54, 1.807) is 59.9 Å². The van der Waals surface area contributed by atoms with Crippen LogP contribution in [0, 0.1) is 18.3 Å². The predicted molar refractivity (Wildman–Crippen MR) is 97.9 cm³/mol. The first-order valence-electron chi connectivity index (χ1n) is 7.94. The van der Waals surface area contributed by atoms with Gasteiger partial charge in [0.2, 0.25) is 0 Å². The van der Waals surface area contributed by atoms with Gasteiger partial charge in [-0.25, -0.2) is 9.78 Å². The summed E-state index contributed by atoms with van der Waals surface area (Å²) in [4.78, 5) is 16.6. The van der Waals surface area contributed by atoms with Crippen LogP contribution in [0.15, 0.2) is 53.9 Å². The Labute approximate surface area is 155 Å². The molecule has 130 valence electrons. The van der Waals surface area contributed by atoms with E-state index in [4.69, 9.17) is 14.7 Å². The number of aromatic nitrogens is 1. The molecule has 1 aromatic heterocycles. The third kappa shape index (κ3) is 4.47. The molecule has 6 heteroatoms. The van der Waals surface area contributed by atoms with Gasteiger partial charge in [0.1, 0.15) is 19.0 Å². The lowest BCUT2D eigenvalue weighted by Gasteiger charge is -2.08. The zero-order valence-electron chi connectivity index (χ0n) is 14.1. The normalized spacial score (nSPS) is 10.2. The maximum absolute atomic E-state index is 12.3. The van der Waals surface area contributed by atoms with Crippen molar-refractivity contribution in [1.82, 2.24) is 4.98 Å². The molecular weight excluding hydrogens is 348 g/mol. The lowest BCUT2D eigenvalue weighted by Crippen LogP contribution is -2.06. The van der Waals surface area contributed by atoms with Gasteiger partial charge in [-0.05, 0) is 31.2 Å². The van der Waals surface area contributed by atoms with Gasteiger partial charge in [0.05, 0.1) is 27.9 Å². The Balaban J connectivity index is 1.61. The third-order valence-corrected chi connectivity index (χ3v) is 4.44. The first kappa shape index (κ1) is 17.6. The molecule has 0 unspecified atom stereocenters. The number of hydrogen-bond donors (Lipinski definition) is 0. The molecule has 0 N–H and O–H groups in total. The average Bonchev–Trinajstić information content (AvgIpc) is 3.10. The van der Waals surface area contributed by atoms with E-state index in [-0.39, 0.29) is 6.61 Å². The largest absolute Gasteiger partial charge is 0.487 e. The van der Waals surface area contributed by atoms with Gasteiger partial charge in [-0.2, -0.15) is 5.26 Å². The van der Waals surface area contributed by atoms with E-state index in [0.717, 1.165) is 10.7 Å². The Kier molecular flexibility index (Phi) is 5.62. The number of ether oxygens (including phenoxy) is 2. The molecule has 0 radical (unpaired) electrons. The molecule has 3 aromatic rings. The quantitative estimate of drug-likeness (QED) is 0.611. The minimum absolute atomic E-state index is 0.0474. The summed E-state index contributed by atoms with van der Waals surface area (Å²) in [6.07, 6.45) is 0. The van der Waals surface area contributed by atoms with E-state index in [0.29, 0.717) is 29.0 Å². The number of nitrogens with zero attached hydrogens (tertiary/aromatic N) is 2. The fourth-order valence-electron chi connectivity index (χ4n) is 2.33. The Hall–Kier alpha value is -3.17. The van der Waals surface area contributed by atoms with Crippen molar-refractivity contribution in [2.75, 3.05) is 0 Å². The summed E-state index contributed by atoms with van der Waals surface area (Å²) in [6.45, 7) is 2.33. The molecule has 0 saturated carbocycles. The zero-order chi connectivity index (χ0) is 18.4. The monoisotopic (exact) mass is 364 g/mol. The topological polar surface area (TPSA) is 72.2 Å². The Morgan fingerprint density at radius 1 is 1.19 bits per heavy atom. The second kappa shape index (κ2) is 8.28. The number of benzene rings is 2. The number of rotatable bonds is 6. The minimum atomic E-state index is -0.465. The maximum Gasteiger partial charge on any atom is 0.338 e. The maximum atomic E-state index is 12.3. The van der Waals surface area contributed by atoms with Crippen molar-refractivity contribution in [1.29, 1.82) is 5.26 Å². The SMILES string of the molecule is Cc1nc(COc2cccc(C(=O)OCc3ccccc3C#N)c2)cs1. The fraction of sp³-hybridized carbons (Fsp3) is 0.150. The van der Waals surface area contributed by atoms with Crippen molar-refractivity contribution in [2.24, 2.45) is 0 Å². The highest BCUT2D eigenvalue weighted by Crippen LogP contribution is 2.18. The zero-order valence-corrected chi connectivity index (χ0v) is 15.0. The van der Waals surface area contributed by atoms with Gasteiger partial charge < -0.3 is 9.47 Å². The van der Waals surface area contributed by atoms with Crippen LogP contribution in [-0.4, -0.2) is 11.0 Å². The molecule has 0 amide bonds. The lowest BCUT2D eigenvalue weighted by molar-refractivity contribution is 0.0472. The van der Waals surface area contributed by atoms with Crippen LogP contribution in [0.3, 0.4) is 0 Å². The van der Waals surface area contributed by atoms with Crippen molar-refractivity contribution in [3.63, 3.8) is 0 Å². The number of aryl methyl sites for hydroxylation is 1. The summed E-state index contributed by atoms with van der Waals surface area (Å²) < 4.78 is 11.0. The highest BCUT2D eigenvalue weighted by molar-refractivity contribution is 7.09. The lowest BCUT2D eigenvalue weighted by atomic mass is 10.1. The van der Waals surface area contributed by atoms with Crippen molar-refractivity contribution in [3.05, 3.63) is 81.3 Å². The summed E-state index contributed by atoms with van der Waals surface area (Å²) in [5.41, 5.74) is 2.42. The van der Waals surface area contributed by atoms with Crippen LogP contribution in [0.25, 0.3) is 0 Å². The summed E-state index contributed by atoms with van der Waals surface area (Å²) in [5, 5.41) is 12.0. The van der Waals surface area contributed by atoms with Crippen LogP contribution >= 0.6 is 11.3 Å².